The maximum atomic E-state index is 11.5. The number of nitrogens with zero attached hydrogens (tertiary/aromatic N) is 1. The zero-order valence-electron chi connectivity index (χ0n) is 8.75. The van der Waals surface area contributed by atoms with Crippen LogP contribution in [0.15, 0.2) is 12.2 Å². The van der Waals surface area contributed by atoms with Gasteiger partial charge in [-0.2, -0.15) is 0 Å². The topological polar surface area (TPSA) is 104 Å². The van der Waals surface area contributed by atoms with Crippen LogP contribution in [0, 0.1) is 11.8 Å². The van der Waals surface area contributed by atoms with Crippen LogP contribution < -0.4 is 5.32 Å². The SMILES string of the molecule is O=C(O)/C=C/C(=O)N1CC2C(=O)NC(=O)C2C1. The van der Waals surface area contributed by atoms with Gasteiger partial charge < -0.3 is 10.0 Å². The standard InChI is InChI=1S/C10H10N2O5/c13-7(1-2-8(14)15)12-3-5-6(4-12)10(17)11-9(5)16/h1-2,5-6H,3-4H2,(H,14,15)(H,11,16,17)/b2-1+. The molecule has 2 atom stereocenters. The Labute approximate surface area is 96.1 Å². The van der Waals surface area contributed by atoms with Crippen LogP contribution in [-0.2, 0) is 19.2 Å². The normalized spacial score (nSPS) is 27.4. The molecule has 2 aliphatic heterocycles. The van der Waals surface area contributed by atoms with E-state index in [2.05, 4.69) is 5.32 Å². The van der Waals surface area contributed by atoms with E-state index in [9.17, 15) is 19.2 Å². The summed E-state index contributed by atoms with van der Waals surface area (Å²) >= 11 is 0. The predicted octanol–water partition coefficient (Wildman–Crippen LogP) is -1.64. The second-order valence-corrected chi connectivity index (χ2v) is 3.98. The number of carboxylic acid groups (broad SMARTS) is 1. The molecular weight excluding hydrogens is 228 g/mol. The third kappa shape index (κ3) is 2.03. The van der Waals surface area contributed by atoms with E-state index in [4.69, 9.17) is 5.11 Å². The Morgan fingerprint density at radius 3 is 2.18 bits per heavy atom. The van der Waals surface area contributed by atoms with Crippen molar-refractivity contribution in [3.05, 3.63) is 12.2 Å². The molecule has 2 rings (SSSR count). The van der Waals surface area contributed by atoms with E-state index in [1.807, 2.05) is 0 Å². The molecule has 0 aliphatic carbocycles. The van der Waals surface area contributed by atoms with Gasteiger partial charge in [0.05, 0.1) is 11.8 Å². The van der Waals surface area contributed by atoms with Gasteiger partial charge in [0, 0.05) is 25.2 Å². The molecule has 0 spiro atoms. The molecule has 2 fully saturated rings. The molecule has 7 heteroatoms. The summed E-state index contributed by atoms with van der Waals surface area (Å²) in [6, 6.07) is 0. The maximum Gasteiger partial charge on any atom is 0.328 e. The first-order chi connectivity index (χ1) is 7.99. The fourth-order valence-corrected chi connectivity index (χ4v) is 2.07. The van der Waals surface area contributed by atoms with Gasteiger partial charge in [-0.15, -0.1) is 0 Å². The second-order valence-electron chi connectivity index (χ2n) is 3.98. The largest absolute Gasteiger partial charge is 0.478 e. The highest BCUT2D eigenvalue weighted by Gasteiger charge is 2.48. The van der Waals surface area contributed by atoms with Crippen LogP contribution in [0.4, 0.5) is 0 Å². The van der Waals surface area contributed by atoms with E-state index in [-0.39, 0.29) is 24.9 Å². The maximum absolute atomic E-state index is 11.5. The number of hydrogen-bond acceptors (Lipinski definition) is 4. The number of carboxylic acids is 1. The number of rotatable bonds is 2. The van der Waals surface area contributed by atoms with Gasteiger partial charge in [0.25, 0.3) is 0 Å². The lowest BCUT2D eigenvalue weighted by molar-refractivity contribution is -0.133. The Balaban J connectivity index is 2.03. The minimum atomic E-state index is -1.22. The first kappa shape index (κ1) is 11.3. The van der Waals surface area contributed by atoms with E-state index in [0.29, 0.717) is 0 Å². The third-order valence-corrected chi connectivity index (χ3v) is 2.92. The quantitative estimate of drug-likeness (QED) is 0.443. The van der Waals surface area contributed by atoms with Crippen molar-refractivity contribution < 1.29 is 24.3 Å². The first-order valence-corrected chi connectivity index (χ1v) is 5.03. The number of carbonyl (C=O) groups is 4. The highest BCUT2D eigenvalue weighted by molar-refractivity contribution is 6.06. The number of aliphatic carboxylic acids is 1. The highest BCUT2D eigenvalue weighted by Crippen LogP contribution is 2.28. The fraction of sp³-hybridized carbons (Fsp3) is 0.400. The van der Waals surface area contributed by atoms with Gasteiger partial charge in [0.1, 0.15) is 0 Å². The summed E-state index contributed by atoms with van der Waals surface area (Å²) in [6.45, 7) is 0.316. The van der Waals surface area contributed by atoms with Gasteiger partial charge in [-0.1, -0.05) is 0 Å². The Morgan fingerprint density at radius 2 is 1.71 bits per heavy atom. The smallest absolute Gasteiger partial charge is 0.328 e. The molecule has 0 aromatic rings. The molecule has 2 unspecified atom stereocenters. The van der Waals surface area contributed by atoms with Crippen LogP contribution in [-0.4, -0.2) is 46.8 Å². The molecule has 7 nitrogen and oxygen atoms in total. The lowest BCUT2D eigenvalue weighted by Gasteiger charge is -2.14. The molecule has 90 valence electrons. The number of amides is 3. The molecule has 2 heterocycles. The van der Waals surface area contributed by atoms with Crippen molar-refractivity contribution in [3.8, 4) is 0 Å². The summed E-state index contributed by atoms with van der Waals surface area (Å²) in [5.74, 6) is -3.43. The van der Waals surface area contributed by atoms with Crippen LogP contribution >= 0.6 is 0 Å². The lowest BCUT2D eigenvalue weighted by atomic mass is 10.00. The molecule has 0 saturated carbocycles. The minimum Gasteiger partial charge on any atom is -0.478 e. The number of nitrogens with one attached hydrogen (secondary N) is 1. The summed E-state index contributed by atoms with van der Waals surface area (Å²) < 4.78 is 0. The third-order valence-electron chi connectivity index (χ3n) is 2.92. The highest BCUT2D eigenvalue weighted by atomic mass is 16.4. The molecule has 0 bridgehead atoms. The molecule has 0 aromatic heterocycles. The number of likely N-dealkylation sites (tertiary alicyclic amines) is 1. The summed E-state index contributed by atoms with van der Waals surface area (Å²) in [7, 11) is 0. The van der Waals surface area contributed by atoms with Gasteiger partial charge in [0.15, 0.2) is 0 Å². The molecule has 3 amide bonds. The van der Waals surface area contributed by atoms with Crippen LogP contribution in [0.1, 0.15) is 0 Å². The number of fused-ring (bicyclic) bond motifs is 1. The van der Waals surface area contributed by atoms with Crippen molar-refractivity contribution in [1.29, 1.82) is 0 Å². The van der Waals surface area contributed by atoms with E-state index in [0.717, 1.165) is 12.2 Å². The molecule has 2 N–H and O–H groups in total. The van der Waals surface area contributed by atoms with E-state index in [1.54, 1.807) is 0 Å². The Kier molecular flexibility index (Phi) is 2.66. The van der Waals surface area contributed by atoms with Gasteiger partial charge in [0.2, 0.25) is 17.7 Å². The second kappa shape index (κ2) is 4.00. The monoisotopic (exact) mass is 238 g/mol. The molecule has 17 heavy (non-hydrogen) atoms. The van der Waals surface area contributed by atoms with Crippen molar-refractivity contribution in [2.45, 2.75) is 0 Å². The van der Waals surface area contributed by atoms with Gasteiger partial charge in [-0.05, 0) is 0 Å². The molecule has 0 radical (unpaired) electrons. The van der Waals surface area contributed by atoms with Crippen LogP contribution in [0.2, 0.25) is 0 Å². The van der Waals surface area contributed by atoms with Crippen molar-refractivity contribution >= 4 is 23.7 Å². The predicted molar refractivity (Wildman–Crippen MR) is 53.5 cm³/mol. The molecule has 2 saturated heterocycles. The van der Waals surface area contributed by atoms with Gasteiger partial charge in [-0.25, -0.2) is 4.79 Å². The van der Waals surface area contributed by atoms with Crippen LogP contribution in [0.25, 0.3) is 0 Å². The Hall–Kier alpha value is -2.18. The summed E-state index contributed by atoms with van der Waals surface area (Å²) in [6.07, 6.45) is 1.66. The number of imide groups is 1. The number of hydrogen-bond donors (Lipinski definition) is 2. The summed E-state index contributed by atoms with van der Waals surface area (Å²) in [4.78, 5) is 45.7. The zero-order valence-corrected chi connectivity index (χ0v) is 8.75. The molecule has 2 aliphatic rings. The molecule has 0 aromatic carbocycles. The Bertz CT molecular complexity index is 420. The van der Waals surface area contributed by atoms with Crippen LogP contribution in [0.3, 0.4) is 0 Å². The first-order valence-electron chi connectivity index (χ1n) is 5.03. The van der Waals surface area contributed by atoms with Crippen molar-refractivity contribution in [3.63, 3.8) is 0 Å². The average Bonchev–Trinajstić information content (AvgIpc) is 2.79. The van der Waals surface area contributed by atoms with E-state index < -0.39 is 23.7 Å². The van der Waals surface area contributed by atoms with Crippen molar-refractivity contribution in [1.82, 2.24) is 10.2 Å². The van der Waals surface area contributed by atoms with E-state index in [1.165, 1.54) is 4.90 Å². The fourth-order valence-electron chi connectivity index (χ4n) is 2.07. The minimum absolute atomic E-state index is 0.158. The average molecular weight is 238 g/mol. The Morgan fingerprint density at radius 1 is 1.18 bits per heavy atom. The van der Waals surface area contributed by atoms with E-state index >= 15 is 0 Å². The summed E-state index contributed by atoms with van der Waals surface area (Å²) in [5, 5.41) is 10.6. The number of carbonyl (C=O) groups excluding carboxylic acids is 3. The van der Waals surface area contributed by atoms with Gasteiger partial charge in [-0.3, -0.25) is 19.7 Å². The van der Waals surface area contributed by atoms with Crippen LogP contribution in [0.5, 0.6) is 0 Å². The zero-order chi connectivity index (χ0) is 12.6. The molecular formula is C10H10N2O5. The summed E-state index contributed by atoms with van der Waals surface area (Å²) in [5.41, 5.74) is 0. The van der Waals surface area contributed by atoms with Crippen molar-refractivity contribution in [2.75, 3.05) is 13.1 Å². The van der Waals surface area contributed by atoms with Gasteiger partial charge >= 0.3 is 5.97 Å². The van der Waals surface area contributed by atoms with Crippen molar-refractivity contribution in [2.24, 2.45) is 11.8 Å². The lowest BCUT2D eigenvalue weighted by Crippen LogP contribution is -2.34.